The van der Waals surface area contributed by atoms with Gasteiger partial charge in [-0.1, -0.05) is 30.3 Å². The quantitative estimate of drug-likeness (QED) is 0.679. The molecule has 0 N–H and O–H groups in total. The molecule has 0 spiro atoms. The second-order valence-electron chi connectivity index (χ2n) is 6.75. The molecule has 140 valence electrons. The number of carbonyl (C=O) groups excluding carboxylic acids is 1. The van der Waals surface area contributed by atoms with Crippen molar-refractivity contribution in [3.05, 3.63) is 59.6 Å². The minimum Gasteiger partial charge on any atom is -0.481 e. The number of piperazine rings is 1. The van der Waals surface area contributed by atoms with Crippen LogP contribution in [-0.2, 0) is 11.3 Å². The van der Waals surface area contributed by atoms with E-state index in [2.05, 4.69) is 17.0 Å². The van der Waals surface area contributed by atoms with Crippen molar-refractivity contribution in [2.24, 2.45) is 0 Å². The lowest BCUT2D eigenvalue weighted by atomic mass is 10.2. The Labute approximate surface area is 163 Å². The number of thiazole rings is 1. The number of benzene rings is 2. The summed E-state index contributed by atoms with van der Waals surface area (Å²) in [7, 11) is 0. The Hall–Kier alpha value is -2.44. The lowest BCUT2D eigenvalue weighted by molar-refractivity contribution is -0.139. The number of nitrogens with zero attached hydrogens (tertiary/aromatic N) is 3. The van der Waals surface area contributed by atoms with E-state index in [4.69, 9.17) is 9.72 Å². The van der Waals surface area contributed by atoms with Crippen molar-refractivity contribution in [1.82, 2.24) is 14.8 Å². The molecule has 1 amide bonds. The van der Waals surface area contributed by atoms with Crippen molar-refractivity contribution in [1.29, 1.82) is 0 Å². The molecule has 0 aliphatic carbocycles. The zero-order chi connectivity index (χ0) is 18.6. The third-order valence-corrected chi connectivity index (χ3v) is 5.81. The average molecular weight is 382 g/mol. The first-order chi connectivity index (χ1) is 13.2. The van der Waals surface area contributed by atoms with Gasteiger partial charge in [-0.2, -0.15) is 0 Å². The summed E-state index contributed by atoms with van der Waals surface area (Å²) in [6.07, 6.45) is -0.469. The third kappa shape index (κ3) is 4.28. The predicted molar refractivity (Wildman–Crippen MR) is 108 cm³/mol. The van der Waals surface area contributed by atoms with Gasteiger partial charge in [-0.15, -0.1) is 11.3 Å². The molecule has 1 aliphatic heterocycles. The number of fused-ring (bicyclic) bond motifs is 1. The zero-order valence-corrected chi connectivity index (χ0v) is 16.2. The summed E-state index contributed by atoms with van der Waals surface area (Å²) >= 11 is 1.75. The summed E-state index contributed by atoms with van der Waals surface area (Å²) < 4.78 is 7.00. The van der Waals surface area contributed by atoms with Crippen molar-refractivity contribution in [3.63, 3.8) is 0 Å². The molecule has 1 fully saturated rings. The van der Waals surface area contributed by atoms with Crippen LogP contribution in [0, 0.1) is 0 Å². The van der Waals surface area contributed by atoms with E-state index >= 15 is 0 Å². The molecule has 2 heterocycles. The van der Waals surface area contributed by atoms with Crippen molar-refractivity contribution in [2.45, 2.75) is 19.6 Å². The standard InChI is InChI=1S/C21H23N3O2S/c1-16(26-17-7-3-2-4-8-17)21(25)24-13-11-23(12-14-24)15-20-22-18-9-5-6-10-19(18)27-20/h2-10,16H,11-15H2,1H3/t16-/m1/s1. The summed E-state index contributed by atoms with van der Waals surface area (Å²) in [5.41, 5.74) is 1.07. The van der Waals surface area contributed by atoms with Crippen LogP contribution in [-0.4, -0.2) is 53.0 Å². The lowest BCUT2D eigenvalue weighted by Gasteiger charge is -2.35. The first kappa shape index (κ1) is 17.9. The fourth-order valence-corrected chi connectivity index (χ4v) is 4.33. The molecular formula is C21H23N3O2S. The normalized spacial score (nSPS) is 16.4. The molecule has 2 aromatic carbocycles. The van der Waals surface area contributed by atoms with Crippen LogP contribution in [0.2, 0.25) is 0 Å². The monoisotopic (exact) mass is 381 g/mol. The molecule has 27 heavy (non-hydrogen) atoms. The van der Waals surface area contributed by atoms with Crippen molar-refractivity contribution in [3.8, 4) is 5.75 Å². The largest absolute Gasteiger partial charge is 0.481 e. The minimum absolute atomic E-state index is 0.0542. The topological polar surface area (TPSA) is 45.7 Å². The van der Waals surface area contributed by atoms with Gasteiger partial charge in [-0.3, -0.25) is 9.69 Å². The Morgan fingerprint density at radius 3 is 2.52 bits per heavy atom. The molecule has 1 aromatic heterocycles. The molecule has 1 aliphatic rings. The fraction of sp³-hybridized carbons (Fsp3) is 0.333. The van der Waals surface area contributed by atoms with Gasteiger partial charge in [-0.25, -0.2) is 4.98 Å². The Bertz CT molecular complexity index is 871. The number of hydrogen-bond acceptors (Lipinski definition) is 5. The van der Waals surface area contributed by atoms with E-state index in [0.717, 1.165) is 49.0 Å². The maximum Gasteiger partial charge on any atom is 0.263 e. The number of rotatable bonds is 5. The third-order valence-electron chi connectivity index (χ3n) is 4.78. The van der Waals surface area contributed by atoms with Gasteiger partial charge >= 0.3 is 0 Å². The molecule has 0 radical (unpaired) electrons. The molecule has 4 rings (SSSR count). The van der Waals surface area contributed by atoms with E-state index < -0.39 is 6.10 Å². The van der Waals surface area contributed by atoms with Gasteiger partial charge in [0.2, 0.25) is 0 Å². The van der Waals surface area contributed by atoms with Crippen LogP contribution in [0.4, 0.5) is 0 Å². The maximum atomic E-state index is 12.7. The molecule has 0 bridgehead atoms. The van der Waals surface area contributed by atoms with Gasteiger partial charge in [0.05, 0.1) is 16.8 Å². The van der Waals surface area contributed by atoms with Crippen LogP contribution in [0.5, 0.6) is 5.75 Å². The van der Waals surface area contributed by atoms with Crippen LogP contribution >= 0.6 is 11.3 Å². The van der Waals surface area contributed by atoms with Crippen LogP contribution in [0.15, 0.2) is 54.6 Å². The second-order valence-corrected chi connectivity index (χ2v) is 7.87. The molecule has 0 unspecified atom stereocenters. The van der Waals surface area contributed by atoms with Gasteiger partial charge in [0.15, 0.2) is 6.10 Å². The highest BCUT2D eigenvalue weighted by Crippen LogP contribution is 2.23. The minimum atomic E-state index is -0.469. The van der Waals surface area contributed by atoms with E-state index in [1.807, 2.05) is 54.3 Å². The van der Waals surface area contributed by atoms with E-state index in [0.29, 0.717) is 0 Å². The number of aromatic nitrogens is 1. The summed E-state index contributed by atoms with van der Waals surface area (Å²) in [5, 5.41) is 1.14. The summed E-state index contributed by atoms with van der Waals surface area (Å²) in [6.45, 7) is 5.85. The summed E-state index contributed by atoms with van der Waals surface area (Å²) in [4.78, 5) is 21.6. The number of hydrogen-bond donors (Lipinski definition) is 0. The van der Waals surface area contributed by atoms with E-state index in [9.17, 15) is 4.79 Å². The zero-order valence-electron chi connectivity index (χ0n) is 15.4. The summed E-state index contributed by atoms with van der Waals surface area (Å²) in [5.74, 6) is 0.784. The SMILES string of the molecule is C[C@@H](Oc1ccccc1)C(=O)N1CCN(Cc2nc3ccccc3s2)CC1. The van der Waals surface area contributed by atoms with Crippen LogP contribution in [0.1, 0.15) is 11.9 Å². The molecular weight excluding hydrogens is 358 g/mol. The van der Waals surface area contributed by atoms with Crippen LogP contribution < -0.4 is 4.74 Å². The Morgan fingerprint density at radius 1 is 1.07 bits per heavy atom. The highest BCUT2D eigenvalue weighted by atomic mass is 32.1. The molecule has 3 aromatic rings. The number of carbonyl (C=O) groups is 1. The first-order valence-corrected chi connectivity index (χ1v) is 10.1. The smallest absolute Gasteiger partial charge is 0.263 e. The van der Waals surface area contributed by atoms with Crippen LogP contribution in [0.25, 0.3) is 10.2 Å². The number of para-hydroxylation sites is 2. The van der Waals surface area contributed by atoms with Gasteiger partial charge in [-0.05, 0) is 31.2 Å². The maximum absolute atomic E-state index is 12.7. The molecule has 1 atom stereocenters. The highest BCUT2D eigenvalue weighted by molar-refractivity contribution is 7.18. The average Bonchev–Trinajstić information content (AvgIpc) is 3.11. The highest BCUT2D eigenvalue weighted by Gasteiger charge is 2.26. The summed E-state index contributed by atoms with van der Waals surface area (Å²) in [6, 6.07) is 17.7. The molecule has 0 saturated carbocycles. The number of ether oxygens (including phenoxy) is 1. The molecule has 5 nitrogen and oxygen atoms in total. The van der Waals surface area contributed by atoms with Crippen molar-refractivity contribution >= 4 is 27.5 Å². The van der Waals surface area contributed by atoms with Gasteiger partial charge in [0.1, 0.15) is 10.8 Å². The van der Waals surface area contributed by atoms with Crippen molar-refractivity contribution < 1.29 is 9.53 Å². The first-order valence-electron chi connectivity index (χ1n) is 9.26. The van der Waals surface area contributed by atoms with E-state index in [-0.39, 0.29) is 5.91 Å². The molecule has 6 heteroatoms. The van der Waals surface area contributed by atoms with Crippen molar-refractivity contribution in [2.75, 3.05) is 26.2 Å². The Kier molecular flexibility index (Phi) is 5.36. The predicted octanol–water partition coefficient (Wildman–Crippen LogP) is 3.41. The number of amides is 1. The van der Waals surface area contributed by atoms with Gasteiger partial charge in [0, 0.05) is 26.2 Å². The van der Waals surface area contributed by atoms with E-state index in [1.165, 1.54) is 4.70 Å². The lowest BCUT2D eigenvalue weighted by Crippen LogP contribution is -2.51. The Balaban J connectivity index is 1.29. The van der Waals surface area contributed by atoms with Crippen LogP contribution in [0.3, 0.4) is 0 Å². The van der Waals surface area contributed by atoms with Gasteiger partial charge in [0.25, 0.3) is 5.91 Å². The van der Waals surface area contributed by atoms with E-state index in [1.54, 1.807) is 11.3 Å². The second kappa shape index (κ2) is 8.06. The van der Waals surface area contributed by atoms with Gasteiger partial charge < -0.3 is 9.64 Å². The molecule has 1 saturated heterocycles. The fourth-order valence-electron chi connectivity index (χ4n) is 3.32. The Morgan fingerprint density at radius 2 is 1.78 bits per heavy atom.